The largest absolute Gasteiger partial charge is 0.493 e. The number of esters is 2. The fourth-order valence-electron chi connectivity index (χ4n) is 2.39. The minimum atomic E-state index is -3.22. The normalized spacial score (nSPS) is 10.4. The fraction of sp³-hybridized carbons (Fsp3) is 0.222. The number of alkyl halides is 2. The highest BCUT2D eigenvalue weighted by atomic mass is 19.3. The molecule has 11 heteroatoms. The van der Waals surface area contributed by atoms with Crippen molar-refractivity contribution in [2.24, 2.45) is 0 Å². The van der Waals surface area contributed by atoms with Gasteiger partial charge in [-0.25, -0.2) is 9.59 Å². The van der Waals surface area contributed by atoms with E-state index in [1.54, 1.807) is 0 Å². The summed E-state index contributed by atoms with van der Waals surface area (Å²) in [7, 11) is 2.30. The number of hydrogen-bond donors (Lipinski definition) is 0. The average Bonchev–Trinajstić information content (AvgIpc) is 2.71. The molecule has 154 valence electrons. The number of nitrogens with zero attached hydrogens (tertiary/aromatic N) is 1. The molecule has 0 bridgehead atoms. The molecule has 0 aliphatic rings. The van der Waals surface area contributed by atoms with Crippen molar-refractivity contribution >= 4 is 17.6 Å². The van der Waals surface area contributed by atoms with E-state index in [9.17, 15) is 28.5 Å². The van der Waals surface area contributed by atoms with Crippen molar-refractivity contribution < 1.29 is 42.2 Å². The molecule has 0 N–H and O–H groups in total. The van der Waals surface area contributed by atoms with E-state index in [4.69, 9.17) is 9.47 Å². The summed E-state index contributed by atoms with van der Waals surface area (Å²) in [4.78, 5) is 34.5. The maximum Gasteiger partial charge on any atom is 0.387 e. The minimum Gasteiger partial charge on any atom is -0.493 e. The molecule has 0 heterocycles. The van der Waals surface area contributed by atoms with Crippen molar-refractivity contribution in [3.8, 4) is 11.5 Å². The molecule has 2 aromatic carbocycles. The third kappa shape index (κ3) is 5.15. The zero-order chi connectivity index (χ0) is 21.6. The van der Waals surface area contributed by atoms with Crippen molar-refractivity contribution in [2.45, 2.75) is 13.2 Å². The zero-order valence-electron chi connectivity index (χ0n) is 15.2. The first kappa shape index (κ1) is 21.5. The minimum absolute atomic E-state index is 0.0484. The molecule has 0 amide bonds. The predicted octanol–water partition coefficient (Wildman–Crippen LogP) is 3.35. The second-order valence-corrected chi connectivity index (χ2v) is 5.38. The molecule has 0 saturated carbocycles. The molecule has 2 aromatic rings. The Morgan fingerprint density at radius 3 is 2.21 bits per heavy atom. The van der Waals surface area contributed by atoms with Crippen molar-refractivity contribution in [1.29, 1.82) is 0 Å². The predicted molar refractivity (Wildman–Crippen MR) is 93.2 cm³/mol. The van der Waals surface area contributed by atoms with Crippen LogP contribution in [0.2, 0.25) is 0 Å². The van der Waals surface area contributed by atoms with Gasteiger partial charge < -0.3 is 18.9 Å². The number of nitro benzene ring substituents is 1. The van der Waals surface area contributed by atoms with Gasteiger partial charge in [0, 0.05) is 0 Å². The van der Waals surface area contributed by atoms with Gasteiger partial charge in [0.1, 0.15) is 6.61 Å². The van der Waals surface area contributed by atoms with Gasteiger partial charge in [-0.2, -0.15) is 8.78 Å². The van der Waals surface area contributed by atoms with Gasteiger partial charge in [0.25, 0.3) is 5.69 Å². The Kier molecular flexibility index (Phi) is 7.01. The van der Waals surface area contributed by atoms with Gasteiger partial charge in [-0.05, 0) is 18.2 Å². The lowest BCUT2D eigenvalue weighted by atomic mass is 10.1. The van der Waals surface area contributed by atoms with Gasteiger partial charge in [0.15, 0.2) is 11.5 Å². The van der Waals surface area contributed by atoms with Crippen LogP contribution in [0.25, 0.3) is 0 Å². The Morgan fingerprint density at radius 2 is 1.69 bits per heavy atom. The van der Waals surface area contributed by atoms with E-state index in [2.05, 4.69) is 9.47 Å². The molecule has 0 aliphatic carbocycles. The smallest absolute Gasteiger partial charge is 0.387 e. The number of ether oxygens (including phenoxy) is 4. The lowest BCUT2D eigenvalue weighted by Crippen LogP contribution is -2.13. The topological polar surface area (TPSA) is 114 Å². The number of hydrogen-bond acceptors (Lipinski definition) is 8. The number of methoxy groups -OCH3 is 2. The average molecular weight is 411 g/mol. The second-order valence-electron chi connectivity index (χ2n) is 5.38. The van der Waals surface area contributed by atoms with Gasteiger partial charge >= 0.3 is 18.6 Å². The molecule has 0 aliphatic heterocycles. The first-order valence-corrected chi connectivity index (χ1v) is 7.93. The molecule has 0 spiro atoms. The second kappa shape index (κ2) is 9.44. The van der Waals surface area contributed by atoms with Crippen LogP contribution in [0.4, 0.5) is 14.5 Å². The Hall–Kier alpha value is -3.76. The Bertz CT molecular complexity index is 932. The highest BCUT2D eigenvalue weighted by Crippen LogP contribution is 2.36. The summed E-state index contributed by atoms with van der Waals surface area (Å²) in [5.41, 5.74) is -0.896. The summed E-state index contributed by atoms with van der Waals surface area (Å²) in [6.07, 6.45) is 0. The van der Waals surface area contributed by atoms with Crippen LogP contribution < -0.4 is 9.47 Å². The molecule has 0 atom stereocenters. The third-order valence-electron chi connectivity index (χ3n) is 3.69. The molecule has 0 fully saturated rings. The van der Waals surface area contributed by atoms with Gasteiger partial charge in [0.2, 0.25) is 0 Å². The molecule has 29 heavy (non-hydrogen) atoms. The van der Waals surface area contributed by atoms with Crippen LogP contribution in [0.3, 0.4) is 0 Å². The Balaban J connectivity index is 2.31. The first-order valence-electron chi connectivity index (χ1n) is 7.93. The number of carbonyl (C=O) groups is 2. The standard InChI is InChI=1S/C18H15F2NO8/c1-26-14-7-10(13(21(24)25)8-15(14)29-18(19)20)9-28-17(23)12-6-4-3-5-11(12)16(22)27-2/h3-8,18H,9H2,1-2H3. The molecular formula is C18H15F2NO8. The highest BCUT2D eigenvalue weighted by Gasteiger charge is 2.24. The summed E-state index contributed by atoms with van der Waals surface area (Å²) in [5.74, 6) is -2.46. The first-order chi connectivity index (χ1) is 13.8. The number of benzene rings is 2. The number of halogens is 2. The van der Waals surface area contributed by atoms with Crippen LogP contribution >= 0.6 is 0 Å². The lowest BCUT2D eigenvalue weighted by molar-refractivity contribution is -0.386. The quantitative estimate of drug-likeness (QED) is 0.369. The number of rotatable bonds is 8. The fourth-order valence-corrected chi connectivity index (χ4v) is 2.39. The van der Waals surface area contributed by atoms with Gasteiger partial charge in [-0.3, -0.25) is 10.1 Å². The van der Waals surface area contributed by atoms with Crippen LogP contribution in [0.15, 0.2) is 36.4 Å². The summed E-state index contributed by atoms with van der Waals surface area (Å²) in [6.45, 7) is -3.81. The maximum atomic E-state index is 12.5. The molecule has 0 saturated heterocycles. The third-order valence-corrected chi connectivity index (χ3v) is 3.69. The molecule has 0 unspecified atom stereocenters. The maximum absolute atomic E-state index is 12.5. The van der Waals surface area contributed by atoms with Crippen LogP contribution in [0, 0.1) is 10.1 Å². The molecule has 0 radical (unpaired) electrons. The van der Waals surface area contributed by atoms with E-state index in [1.807, 2.05) is 0 Å². The van der Waals surface area contributed by atoms with Gasteiger partial charge in [-0.1, -0.05) is 12.1 Å². The Morgan fingerprint density at radius 1 is 1.07 bits per heavy atom. The molecule has 9 nitrogen and oxygen atoms in total. The van der Waals surface area contributed by atoms with Crippen LogP contribution in [-0.4, -0.2) is 37.7 Å². The molecule has 0 aromatic heterocycles. The van der Waals surface area contributed by atoms with Gasteiger partial charge in [0.05, 0.1) is 41.9 Å². The zero-order valence-corrected chi connectivity index (χ0v) is 15.2. The molecular weight excluding hydrogens is 396 g/mol. The van der Waals surface area contributed by atoms with E-state index < -0.39 is 41.5 Å². The van der Waals surface area contributed by atoms with E-state index in [0.29, 0.717) is 0 Å². The van der Waals surface area contributed by atoms with Crippen molar-refractivity contribution in [3.63, 3.8) is 0 Å². The van der Waals surface area contributed by atoms with E-state index in [-0.39, 0.29) is 22.4 Å². The number of nitro groups is 1. The van der Waals surface area contributed by atoms with Crippen molar-refractivity contribution in [2.75, 3.05) is 14.2 Å². The van der Waals surface area contributed by atoms with Crippen molar-refractivity contribution in [1.82, 2.24) is 0 Å². The van der Waals surface area contributed by atoms with Gasteiger partial charge in [-0.15, -0.1) is 0 Å². The molecule has 2 rings (SSSR count). The summed E-state index contributed by atoms with van der Waals surface area (Å²) in [6, 6.07) is 7.48. The summed E-state index contributed by atoms with van der Waals surface area (Å²) < 4.78 is 43.7. The lowest BCUT2D eigenvalue weighted by Gasteiger charge is -2.13. The summed E-state index contributed by atoms with van der Waals surface area (Å²) in [5, 5.41) is 11.3. The number of carbonyl (C=O) groups excluding carboxylic acids is 2. The van der Waals surface area contributed by atoms with Crippen LogP contribution in [0.5, 0.6) is 11.5 Å². The monoisotopic (exact) mass is 411 g/mol. The van der Waals surface area contributed by atoms with Crippen LogP contribution in [-0.2, 0) is 16.1 Å². The van der Waals surface area contributed by atoms with Crippen molar-refractivity contribution in [3.05, 3.63) is 63.2 Å². The highest BCUT2D eigenvalue weighted by molar-refractivity contribution is 6.03. The van der Waals surface area contributed by atoms with E-state index in [0.717, 1.165) is 26.4 Å². The SMILES string of the molecule is COC(=O)c1ccccc1C(=O)OCc1cc(OC)c(OC(F)F)cc1[N+](=O)[O-]. The van der Waals surface area contributed by atoms with E-state index >= 15 is 0 Å². The Labute approximate surface area is 162 Å². The van der Waals surface area contributed by atoms with E-state index in [1.165, 1.54) is 24.3 Å². The summed E-state index contributed by atoms with van der Waals surface area (Å²) >= 11 is 0. The van der Waals surface area contributed by atoms with Crippen LogP contribution in [0.1, 0.15) is 26.3 Å².